The summed E-state index contributed by atoms with van der Waals surface area (Å²) in [6, 6.07) is 6.80. The zero-order chi connectivity index (χ0) is 12.1. The van der Waals surface area contributed by atoms with Crippen LogP contribution in [-0.4, -0.2) is 21.2 Å². The number of carboxylic acids is 1. The van der Waals surface area contributed by atoms with E-state index in [0.29, 0.717) is 10.5 Å². The Hall–Kier alpha value is -1.81. The number of fused-ring (bicyclic) bond motifs is 1. The molecular weight excluding hydrogens is 230 g/mol. The summed E-state index contributed by atoms with van der Waals surface area (Å²) in [7, 11) is 0. The van der Waals surface area contributed by atoms with E-state index in [9.17, 15) is 5.11 Å². The van der Waals surface area contributed by atoms with Crippen LogP contribution in [-0.2, 0) is 4.79 Å². The number of hydrogen-bond donors (Lipinski definition) is 2. The number of phenolic OH excluding ortho intramolecular Hbond substituents is 1. The first-order valence-electron chi connectivity index (χ1n) is 4.44. The highest BCUT2D eigenvalue weighted by atomic mass is 35.5. The summed E-state index contributed by atoms with van der Waals surface area (Å²) >= 11 is 5.88. The van der Waals surface area contributed by atoms with Gasteiger partial charge in [-0.3, -0.25) is 9.78 Å². The fourth-order valence-electron chi connectivity index (χ4n) is 1.12. The zero-order valence-electron chi connectivity index (χ0n) is 8.51. The maximum Gasteiger partial charge on any atom is 0.300 e. The number of carboxylic acid groups (broad SMARTS) is 1. The SMILES string of the molecule is CC(=O)O.Oc1ccc(Cl)c2cccnc12. The number of phenols is 1. The Morgan fingerprint density at radius 2 is 2.00 bits per heavy atom. The molecule has 0 fully saturated rings. The van der Waals surface area contributed by atoms with Gasteiger partial charge in [0.05, 0.1) is 5.02 Å². The van der Waals surface area contributed by atoms with Crippen molar-refractivity contribution < 1.29 is 15.0 Å². The number of nitrogens with zero attached hydrogens (tertiary/aromatic N) is 1. The number of benzene rings is 1. The van der Waals surface area contributed by atoms with Crippen LogP contribution in [0.15, 0.2) is 30.5 Å². The standard InChI is InChI=1S/C9H6ClNO.C2H4O2/c10-7-3-4-8(12)9-6(7)2-1-5-11-9;1-2(3)4/h1-5,12H;1H3,(H,3,4). The van der Waals surface area contributed by atoms with Gasteiger partial charge in [-0.1, -0.05) is 11.6 Å². The highest BCUT2D eigenvalue weighted by molar-refractivity contribution is 6.35. The molecule has 0 saturated heterocycles. The molecule has 0 unspecified atom stereocenters. The van der Waals surface area contributed by atoms with Gasteiger partial charge in [0.15, 0.2) is 0 Å². The summed E-state index contributed by atoms with van der Waals surface area (Å²) in [5, 5.41) is 18.2. The van der Waals surface area contributed by atoms with Crippen LogP contribution in [0.25, 0.3) is 10.9 Å². The van der Waals surface area contributed by atoms with E-state index in [4.69, 9.17) is 21.5 Å². The molecule has 84 valence electrons. The van der Waals surface area contributed by atoms with Gasteiger partial charge in [-0.15, -0.1) is 0 Å². The van der Waals surface area contributed by atoms with E-state index in [2.05, 4.69) is 4.98 Å². The van der Waals surface area contributed by atoms with Crippen LogP contribution in [0.5, 0.6) is 5.75 Å². The number of carbonyl (C=O) groups is 1. The number of halogens is 1. The molecule has 0 aliphatic heterocycles. The minimum Gasteiger partial charge on any atom is -0.506 e. The Bertz CT molecular complexity index is 469. The third-order valence-corrected chi connectivity index (χ3v) is 2.02. The predicted molar refractivity (Wildman–Crippen MR) is 61.7 cm³/mol. The number of aromatic hydroxyl groups is 1. The van der Waals surface area contributed by atoms with Crippen LogP contribution in [0, 0.1) is 0 Å². The molecule has 0 aliphatic carbocycles. The molecule has 0 saturated carbocycles. The Morgan fingerprint density at radius 3 is 2.56 bits per heavy atom. The van der Waals surface area contributed by atoms with Crippen molar-refractivity contribution in [2.75, 3.05) is 0 Å². The second-order valence-corrected chi connectivity index (χ2v) is 3.39. The Morgan fingerprint density at radius 1 is 1.38 bits per heavy atom. The van der Waals surface area contributed by atoms with E-state index >= 15 is 0 Å². The smallest absolute Gasteiger partial charge is 0.300 e. The van der Waals surface area contributed by atoms with Gasteiger partial charge in [-0.2, -0.15) is 0 Å². The molecule has 2 rings (SSSR count). The van der Waals surface area contributed by atoms with E-state index in [-0.39, 0.29) is 5.75 Å². The first kappa shape index (κ1) is 12.3. The van der Waals surface area contributed by atoms with Gasteiger partial charge >= 0.3 is 0 Å². The fourth-order valence-corrected chi connectivity index (χ4v) is 1.34. The van der Waals surface area contributed by atoms with Crippen molar-refractivity contribution in [3.8, 4) is 5.75 Å². The number of aliphatic carboxylic acids is 1. The topological polar surface area (TPSA) is 70.4 Å². The molecule has 0 aliphatic rings. The molecule has 0 bridgehead atoms. The zero-order valence-corrected chi connectivity index (χ0v) is 9.27. The van der Waals surface area contributed by atoms with E-state index in [0.717, 1.165) is 12.3 Å². The van der Waals surface area contributed by atoms with Gasteiger partial charge in [0.1, 0.15) is 11.3 Å². The lowest BCUT2D eigenvalue weighted by Crippen LogP contribution is -1.78. The van der Waals surface area contributed by atoms with E-state index < -0.39 is 5.97 Å². The van der Waals surface area contributed by atoms with Crippen LogP contribution in [0.2, 0.25) is 5.02 Å². The second kappa shape index (κ2) is 5.32. The van der Waals surface area contributed by atoms with Gasteiger partial charge < -0.3 is 10.2 Å². The summed E-state index contributed by atoms with van der Waals surface area (Å²) in [5.41, 5.74) is 0.546. The van der Waals surface area contributed by atoms with Crippen LogP contribution in [0.4, 0.5) is 0 Å². The van der Waals surface area contributed by atoms with E-state index in [1.54, 1.807) is 18.3 Å². The van der Waals surface area contributed by atoms with Crippen LogP contribution >= 0.6 is 11.6 Å². The van der Waals surface area contributed by atoms with Crippen molar-refractivity contribution in [2.45, 2.75) is 6.92 Å². The highest BCUT2D eigenvalue weighted by Crippen LogP contribution is 2.28. The molecule has 1 heterocycles. The van der Waals surface area contributed by atoms with Crippen LogP contribution in [0.3, 0.4) is 0 Å². The minimum atomic E-state index is -0.833. The molecule has 4 nitrogen and oxygen atoms in total. The first-order chi connectivity index (χ1) is 7.52. The lowest BCUT2D eigenvalue weighted by molar-refractivity contribution is -0.134. The van der Waals surface area contributed by atoms with E-state index in [1.165, 1.54) is 6.07 Å². The average Bonchev–Trinajstić information content (AvgIpc) is 2.23. The van der Waals surface area contributed by atoms with Crippen molar-refractivity contribution >= 4 is 28.5 Å². The summed E-state index contributed by atoms with van der Waals surface area (Å²) < 4.78 is 0. The maximum atomic E-state index is 9.37. The third-order valence-electron chi connectivity index (χ3n) is 1.70. The van der Waals surface area contributed by atoms with Gasteiger partial charge in [-0.05, 0) is 24.3 Å². The monoisotopic (exact) mass is 239 g/mol. The quantitative estimate of drug-likeness (QED) is 0.742. The molecule has 1 aromatic heterocycles. The molecule has 2 aromatic rings. The van der Waals surface area contributed by atoms with Crippen molar-refractivity contribution in [1.29, 1.82) is 0 Å². The third kappa shape index (κ3) is 3.10. The van der Waals surface area contributed by atoms with Gasteiger partial charge in [0, 0.05) is 18.5 Å². The molecule has 16 heavy (non-hydrogen) atoms. The number of hydrogen-bond acceptors (Lipinski definition) is 3. The fraction of sp³-hybridized carbons (Fsp3) is 0.0909. The molecule has 0 amide bonds. The van der Waals surface area contributed by atoms with Crippen LogP contribution < -0.4 is 0 Å². The molecule has 2 N–H and O–H groups in total. The predicted octanol–water partition coefficient (Wildman–Crippen LogP) is 2.68. The van der Waals surface area contributed by atoms with Crippen molar-refractivity contribution in [3.63, 3.8) is 0 Å². The molecule has 1 aromatic carbocycles. The highest BCUT2D eigenvalue weighted by Gasteiger charge is 2.02. The van der Waals surface area contributed by atoms with Crippen molar-refractivity contribution in [2.24, 2.45) is 0 Å². The van der Waals surface area contributed by atoms with Crippen molar-refractivity contribution in [3.05, 3.63) is 35.5 Å². The molecule has 0 atom stereocenters. The Balaban J connectivity index is 0.000000280. The minimum absolute atomic E-state index is 0.162. The molecule has 5 heteroatoms. The molecule has 0 radical (unpaired) electrons. The van der Waals surface area contributed by atoms with Gasteiger partial charge in [-0.25, -0.2) is 0 Å². The molecule has 0 spiro atoms. The summed E-state index contributed by atoms with van der Waals surface area (Å²) in [6.45, 7) is 1.08. The summed E-state index contributed by atoms with van der Waals surface area (Å²) in [5.74, 6) is -0.671. The maximum absolute atomic E-state index is 9.37. The Kier molecular flexibility index (Phi) is 4.08. The first-order valence-corrected chi connectivity index (χ1v) is 4.82. The summed E-state index contributed by atoms with van der Waals surface area (Å²) in [6.07, 6.45) is 1.62. The largest absolute Gasteiger partial charge is 0.506 e. The molecular formula is C11H10ClNO3. The normalized spacial score (nSPS) is 9.38. The van der Waals surface area contributed by atoms with Crippen LogP contribution in [0.1, 0.15) is 6.92 Å². The number of pyridine rings is 1. The number of aromatic nitrogens is 1. The lowest BCUT2D eigenvalue weighted by atomic mass is 10.2. The average molecular weight is 240 g/mol. The number of rotatable bonds is 0. The van der Waals surface area contributed by atoms with E-state index in [1.807, 2.05) is 6.07 Å². The Labute approximate surface area is 97.1 Å². The summed E-state index contributed by atoms with van der Waals surface area (Å²) in [4.78, 5) is 13.0. The van der Waals surface area contributed by atoms with Crippen molar-refractivity contribution in [1.82, 2.24) is 4.98 Å². The van der Waals surface area contributed by atoms with Gasteiger partial charge in [0.2, 0.25) is 0 Å². The second-order valence-electron chi connectivity index (χ2n) is 2.99. The lowest BCUT2D eigenvalue weighted by Gasteiger charge is -2.00. The van der Waals surface area contributed by atoms with Gasteiger partial charge in [0.25, 0.3) is 5.97 Å².